The second kappa shape index (κ2) is 4.35. The van der Waals surface area contributed by atoms with Gasteiger partial charge in [-0.15, -0.1) is 0 Å². The highest BCUT2D eigenvalue weighted by atomic mass is 79.9. The van der Waals surface area contributed by atoms with Crippen molar-refractivity contribution in [2.24, 2.45) is 5.92 Å². The third kappa shape index (κ3) is 2.22. The molecule has 1 saturated carbocycles. The molecule has 1 aliphatic rings. The molecule has 0 bridgehead atoms. The number of hydrogen-bond donors (Lipinski definition) is 2. The second-order valence-electron chi connectivity index (χ2n) is 4.08. The Morgan fingerprint density at radius 1 is 1.47 bits per heavy atom. The molecule has 1 heterocycles. The maximum atomic E-state index is 5.69. The minimum atomic E-state index is 0.484. The number of rotatable bonds is 2. The Kier molecular flexibility index (Phi) is 3.09. The Labute approximate surface area is 97.8 Å². The molecule has 3 N–H and O–H groups in total. The molecule has 2 rings (SSSR count). The zero-order valence-corrected chi connectivity index (χ0v) is 10.3. The van der Waals surface area contributed by atoms with Gasteiger partial charge in [0.05, 0.1) is 0 Å². The Hall–Kier alpha value is -0.840. The first-order valence-corrected chi connectivity index (χ1v) is 6.00. The summed E-state index contributed by atoms with van der Waals surface area (Å²) in [6.45, 7) is 2.27. The summed E-state index contributed by atoms with van der Waals surface area (Å²) in [4.78, 5) is 8.10. The Morgan fingerprint density at radius 2 is 2.27 bits per heavy atom. The highest BCUT2D eigenvalue weighted by Crippen LogP contribution is 2.31. The summed E-state index contributed by atoms with van der Waals surface area (Å²) in [6.07, 6.45) is 5.27. The van der Waals surface area contributed by atoms with Gasteiger partial charge in [-0.1, -0.05) is 13.3 Å². The summed E-state index contributed by atoms with van der Waals surface area (Å²) in [5, 5.41) is 3.42. The summed E-state index contributed by atoms with van der Waals surface area (Å²) in [6, 6.07) is 0.510. The molecule has 5 heteroatoms. The van der Waals surface area contributed by atoms with Crippen molar-refractivity contribution >= 4 is 27.6 Å². The van der Waals surface area contributed by atoms with Crippen molar-refractivity contribution in [3.05, 3.63) is 10.8 Å². The molecule has 0 aliphatic heterocycles. The Bertz CT molecular complexity index is 355. The van der Waals surface area contributed by atoms with Gasteiger partial charge in [0.2, 0.25) is 0 Å². The quantitative estimate of drug-likeness (QED) is 0.867. The van der Waals surface area contributed by atoms with Gasteiger partial charge in [0.15, 0.2) is 0 Å². The molecule has 0 saturated heterocycles. The van der Waals surface area contributed by atoms with Gasteiger partial charge in [-0.2, -0.15) is 0 Å². The molecule has 0 spiro atoms. The zero-order valence-electron chi connectivity index (χ0n) is 8.70. The summed E-state index contributed by atoms with van der Waals surface area (Å²) < 4.78 is 0.768. The topological polar surface area (TPSA) is 63.8 Å². The van der Waals surface area contributed by atoms with E-state index >= 15 is 0 Å². The molecule has 2 unspecified atom stereocenters. The molecule has 4 nitrogen and oxygen atoms in total. The average molecular weight is 271 g/mol. The number of nitrogens with zero attached hydrogens (tertiary/aromatic N) is 2. The van der Waals surface area contributed by atoms with Crippen LogP contribution in [0, 0.1) is 5.92 Å². The SMILES string of the molecule is CC1CCCC1Nc1ncnc(N)c1Br. The van der Waals surface area contributed by atoms with E-state index < -0.39 is 0 Å². The average Bonchev–Trinajstić information content (AvgIpc) is 2.60. The van der Waals surface area contributed by atoms with E-state index in [-0.39, 0.29) is 0 Å². The van der Waals surface area contributed by atoms with Crippen LogP contribution >= 0.6 is 15.9 Å². The van der Waals surface area contributed by atoms with Crippen LogP contribution in [0.3, 0.4) is 0 Å². The van der Waals surface area contributed by atoms with Gasteiger partial charge in [0.1, 0.15) is 22.4 Å². The molecule has 0 amide bonds. The van der Waals surface area contributed by atoms with Gasteiger partial charge in [-0.25, -0.2) is 9.97 Å². The standard InChI is InChI=1S/C10H15BrN4/c1-6-3-2-4-7(6)15-10-8(11)9(12)13-5-14-10/h5-7H,2-4H2,1H3,(H3,12,13,14,15). The Balaban J connectivity index is 2.13. The summed E-state index contributed by atoms with van der Waals surface area (Å²) >= 11 is 3.39. The largest absolute Gasteiger partial charge is 0.383 e. The molecular weight excluding hydrogens is 256 g/mol. The van der Waals surface area contributed by atoms with Crippen LogP contribution in [0.2, 0.25) is 0 Å². The fraction of sp³-hybridized carbons (Fsp3) is 0.600. The first-order chi connectivity index (χ1) is 7.18. The second-order valence-corrected chi connectivity index (χ2v) is 4.87. The number of nitrogens with one attached hydrogen (secondary N) is 1. The van der Waals surface area contributed by atoms with E-state index in [1.54, 1.807) is 0 Å². The number of aromatic nitrogens is 2. The van der Waals surface area contributed by atoms with E-state index in [0.717, 1.165) is 10.3 Å². The molecule has 2 atom stereocenters. The summed E-state index contributed by atoms with van der Waals surface area (Å²) in [5.41, 5.74) is 5.69. The number of anilines is 2. The van der Waals surface area contributed by atoms with E-state index in [2.05, 4.69) is 38.1 Å². The lowest BCUT2D eigenvalue weighted by Crippen LogP contribution is -2.22. The van der Waals surface area contributed by atoms with E-state index in [1.165, 1.54) is 25.6 Å². The lowest BCUT2D eigenvalue weighted by atomic mass is 10.1. The first-order valence-electron chi connectivity index (χ1n) is 5.21. The van der Waals surface area contributed by atoms with E-state index in [0.29, 0.717) is 17.8 Å². The van der Waals surface area contributed by atoms with Gasteiger partial charge in [-0.3, -0.25) is 0 Å². The van der Waals surface area contributed by atoms with Crippen LogP contribution in [-0.4, -0.2) is 16.0 Å². The van der Waals surface area contributed by atoms with Gasteiger partial charge in [-0.05, 0) is 34.7 Å². The smallest absolute Gasteiger partial charge is 0.146 e. The molecule has 1 fully saturated rings. The van der Waals surface area contributed by atoms with Crippen molar-refractivity contribution < 1.29 is 0 Å². The van der Waals surface area contributed by atoms with Gasteiger partial charge < -0.3 is 11.1 Å². The van der Waals surface area contributed by atoms with Gasteiger partial charge in [0.25, 0.3) is 0 Å². The fourth-order valence-corrected chi connectivity index (χ4v) is 2.34. The third-order valence-corrected chi connectivity index (χ3v) is 3.78. The highest BCUT2D eigenvalue weighted by molar-refractivity contribution is 9.10. The lowest BCUT2D eigenvalue weighted by molar-refractivity contribution is 0.554. The molecule has 0 aromatic carbocycles. The van der Waals surface area contributed by atoms with Crippen LogP contribution in [-0.2, 0) is 0 Å². The zero-order chi connectivity index (χ0) is 10.8. The molecule has 0 radical (unpaired) electrons. The van der Waals surface area contributed by atoms with Gasteiger partial charge in [0, 0.05) is 6.04 Å². The molecular formula is C10H15BrN4. The summed E-state index contributed by atoms with van der Waals surface area (Å²) in [5.74, 6) is 1.99. The van der Waals surface area contributed by atoms with Crippen molar-refractivity contribution in [1.29, 1.82) is 0 Å². The fourth-order valence-electron chi connectivity index (χ4n) is 2.02. The highest BCUT2D eigenvalue weighted by Gasteiger charge is 2.24. The molecule has 1 aromatic heterocycles. The molecule has 15 heavy (non-hydrogen) atoms. The number of nitrogen functional groups attached to an aromatic ring is 1. The monoisotopic (exact) mass is 270 g/mol. The normalized spacial score (nSPS) is 25.5. The molecule has 1 aromatic rings. The van der Waals surface area contributed by atoms with E-state index in [9.17, 15) is 0 Å². The van der Waals surface area contributed by atoms with Gasteiger partial charge >= 0.3 is 0 Å². The minimum Gasteiger partial charge on any atom is -0.383 e. The van der Waals surface area contributed by atoms with Crippen molar-refractivity contribution in [1.82, 2.24) is 9.97 Å². The van der Waals surface area contributed by atoms with E-state index in [1.807, 2.05) is 0 Å². The van der Waals surface area contributed by atoms with Crippen LogP contribution in [0.15, 0.2) is 10.8 Å². The Morgan fingerprint density at radius 3 is 2.93 bits per heavy atom. The lowest BCUT2D eigenvalue weighted by Gasteiger charge is -2.18. The van der Waals surface area contributed by atoms with Crippen LogP contribution < -0.4 is 11.1 Å². The predicted octanol–water partition coefficient (Wildman–Crippen LogP) is 2.42. The maximum absolute atomic E-state index is 5.69. The predicted molar refractivity (Wildman–Crippen MR) is 64.6 cm³/mol. The van der Waals surface area contributed by atoms with E-state index in [4.69, 9.17) is 5.73 Å². The number of hydrogen-bond acceptors (Lipinski definition) is 4. The van der Waals surface area contributed by atoms with Crippen LogP contribution in [0.5, 0.6) is 0 Å². The third-order valence-electron chi connectivity index (χ3n) is 3.00. The molecule has 82 valence electrons. The molecule has 1 aliphatic carbocycles. The summed E-state index contributed by atoms with van der Waals surface area (Å²) in [7, 11) is 0. The van der Waals surface area contributed by atoms with Crippen LogP contribution in [0.25, 0.3) is 0 Å². The van der Waals surface area contributed by atoms with Crippen LogP contribution in [0.1, 0.15) is 26.2 Å². The maximum Gasteiger partial charge on any atom is 0.146 e. The first kappa shape index (κ1) is 10.7. The minimum absolute atomic E-state index is 0.484. The number of halogens is 1. The van der Waals surface area contributed by atoms with Crippen molar-refractivity contribution in [3.63, 3.8) is 0 Å². The van der Waals surface area contributed by atoms with Crippen molar-refractivity contribution in [2.75, 3.05) is 11.1 Å². The van der Waals surface area contributed by atoms with Crippen molar-refractivity contribution in [3.8, 4) is 0 Å². The van der Waals surface area contributed by atoms with Crippen molar-refractivity contribution in [2.45, 2.75) is 32.2 Å². The number of nitrogens with two attached hydrogens (primary N) is 1. The van der Waals surface area contributed by atoms with Crippen LogP contribution in [0.4, 0.5) is 11.6 Å².